The van der Waals surface area contributed by atoms with Gasteiger partial charge in [-0.25, -0.2) is 0 Å². The van der Waals surface area contributed by atoms with Gasteiger partial charge in [-0.3, -0.25) is 9.88 Å². The van der Waals surface area contributed by atoms with Crippen LogP contribution in [0.15, 0.2) is 35.1 Å². The molecule has 6 nitrogen and oxygen atoms in total. The second-order valence-corrected chi connectivity index (χ2v) is 7.26. The third-order valence-electron chi connectivity index (χ3n) is 5.55. The van der Waals surface area contributed by atoms with Crippen LogP contribution in [0, 0.1) is 0 Å². The Kier molecular flexibility index (Phi) is 4.83. The molecule has 2 aromatic heterocycles. The van der Waals surface area contributed by atoms with Crippen LogP contribution in [-0.2, 0) is 11.3 Å². The molecule has 0 radical (unpaired) electrons. The second-order valence-electron chi connectivity index (χ2n) is 7.26. The van der Waals surface area contributed by atoms with Crippen LogP contribution in [0.5, 0.6) is 0 Å². The quantitative estimate of drug-likeness (QED) is 0.921. The van der Waals surface area contributed by atoms with Crippen molar-refractivity contribution >= 4 is 0 Å². The van der Waals surface area contributed by atoms with Gasteiger partial charge in [0.25, 0.3) is 0 Å². The molecule has 2 aromatic rings. The molecule has 1 unspecified atom stereocenters. The van der Waals surface area contributed by atoms with E-state index in [2.05, 4.69) is 27.4 Å². The maximum absolute atomic E-state index is 6.19. The van der Waals surface area contributed by atoms with Gasteiger partial charge in [0.15, 0.2) is 5.76 Å². The Hall–Kier alpha value is -1.76. The van der Waals surface area contributed by atoms with Crippen LogP contribution in [-0.4, -0.2) is 53.4 Å². The van der Waals surface area contributed by atoms with Gasteiger partial charge in [-0.05, 0) is 58.0 Å². The fourth-order valence-corrected chi connectivity index (χ4v) is 4.03. The number of rotatable bonds is 4. The third-order valence-corrected chi connectivity index (χ3v) is 5.55. The van der Waals surface area contributed by atoms with E-state index in [1.54, 1.807) is 12.4 Å². The van der Waals surface area contributed by atoms with Crippen LogP contribution in [0.25, 0.3) is 11.3 Å². The van der Waals surface area contributed by atoms with E-state index in [-0.39, 0.29) is 5.60 Å². The lowest BCUT2D eigenvalue weighted by atomic mass is 9.82. The number of hydrogen-bond acceptors (Lipinski definition) is 6. The van der Waals surface area contributed by atoms with E-state index in [4.69, 9.17) is 9.26 Å². The van der Waals surface area contributed by atoms with E-state index >= 15 is 0 Å². The first kappa shape index (κ1) is 16.7. The van der Waals surface area contributed by atoms with Gasteiger partial charge in [-0.1, -0.05) is 5.16 Å². The van der Waals surface area contributed by atoms with E-state index in [1.165, 1.54) is 0 Å². The minimum atomic E-state index is 0.0754. The summed E-state index contributed by atoms with van der Waals surface area (Å²) >= 11 is 0. The summed E-state index contributed by atoms with van der Waals surface area (Å²) in [7, 11) is 2.18. The fraction of sp³-hybridized carbons (Fsp3) is 0.579. The molecule has 2 saturated heterocycles. The topological polar surface area (TPSA) is 63.4 Å². The van der Waals surface area contributed by atoms with Gasteiger partial charge >= 0.3 is 0 Å². The van der Waals surface area contributed by atoms with Crippen molar-refractivity contribution in [3.63, 3.8) is 0 Å². The summed E-state index contributed by atoms with van der Waals surface area (Å²) in [6.07, 6.45) is 7.97. The third kappa shape index (κ3) is 3.76. The van der Waals surface area contributed by atoms with Crippen molar-refractivity contribution in [2.24, 2.45) is 0 Å². The van der Waals surface area contributed by atoms with Crippen LogP contribution < -0.4 is 5.32 Å². The van der Waals surface area contributed by atoms with Crippen LogP contribution in [0.2, 0.25) is 0 Å². The number of aromatic nitrogens is 2. The van der Waals surface area contributed by atoms with Crippen LogP contribution in [0.3, 0.4) is 0 Å². The van der Waals surface area contributed by atoms with E-state index < -0.39 is 0 Å². The van der Waals surface area contributed by atoms with E-state index in [0.717, 1.165) is 68.9 Å². The average Bonchev–Trinajstić information content (AvgIpc) is 3.12. The van der Waals surface area contributed by atoms with Gasteiger partial charge < -0.3 is 14.6 Å². The Balaban J connectivity index is 1.40. The van der Waals surface area contributed by atoms with Crippen LogP contribution >= 0.6 is 0 Å². The van der Waals surface area contributed by atoms with Crippen LogP contribution in [0.1, 0.15) is 31.4 Å². The number of piperidine rings is 1. The zero-order chi connectivity index (χ0) is 17.1. The Bertz CT molecular complexity index is 676. The van der Waals surface area contributed by atoms with Crippen molar-refractivity contribution < 1.29 is 9.26 Å². The smallest absolute Gasteiger partial charge is 0.151 e. The Morgan fingerprint density at radius 3 is 2.88 bits per heavy atom. The first-order valence-corrected chi connectivity index (χ1v) is 9.15. The number of nitrogens with zero attached hydrogens (tertiary/aromatic N) is 3. The lowest BCUT2D eigenvalue weighted by molar-refractivity contribution is -0.119. The van der Waals surface area contributed by atoms with Crippen molar-refractivity contribution in [3.05, 3.63) is 36.4 Å². The molecule has 2 aliphatic rings. The molecule has 1 atom stereocenters. The van der Waals surface area contributed by atoms with Crippen molar-refractivity contribution in [1.29, 1.82) is 0 Å². The van der Waals surface area contributed by atoms with Crippen molar-refractivity contribution in [2.45, 2.75) is 43.9 Å². The lowest BCUT2D eigenvalue weighted by Crippen LogP contribution is -2.52. The summed E-state index contributed by atoms with van der Waals surface area (Å²) in [5, 5.41) is 7.64. The highest BCUT2D eigenvalue weighted by Gasteiger charge is 2.39. The summed E-state index contributed by atoms with van der Waals surface area (Å²) in [5.41, 5.74) is 1.98. The first-order valence-electron chi connectivity index (χ1n) is 9.15. The SMILES string of the molecule is CN(Cc1cc(-c2ccncc2)no1)C1CCOC2(CCNCC2)C1. The Morgan fingerprint density at radius 2 is 2.08 bits per heavy atom. The summed E-state index contributed by atoms with van der Waals surface area (Å²) < 4.78 is 11.8. The molecule has 1 N–H and O–H groups in total. The zero-order valence-corrected chi connectivity index (χ0v) is 14.8. The predicted octanol–water partition coefficient (Wildman–Crippen LogP) is 2.47. The number of ether oxygens (including phenoxy) is 1. The highest BCUT2D eigenvalue weighted by Crippen LogP contribution is 2.35. The minimum Gasteiger partial charge on any atom is -0.375 e. The minimum absolute atomic E-state index is 0.0754. The molecule has 1 spiro atoms. The molecular weight excluding hydrogens is 316 g/mol. The molecule has 25 heavy (non-hydrogen) atoms. The predicted molar refractivity (Wildman–Crippen MR) is 95.0 cm³/mol. The summed E-state index contributed by atoms with van der Waals surface area (Å²) in [4.78, 5) is 6.44. The molecule has 134 valence electrons. The van der Waals surface area contributed by atoms with Crippen molar-refractivity contribution in [3.8, 4) is 11.3 Å². The Morgan fingerprint density at radius 1 is 1.28 bits per heavy atom. The average molecular weight is 342 g/mol. The van der Waals surface area contributed by atoms with Crippen molar-refractivity contribution in [2.75, 3.05) is 26.7 Å². The molecule has 0 amide bonds. The zero-order valence-electron chi connectivity index (χ0n) is 14.8. The summed E-state index contributed by atoms with van der Waals surface area (Å²) in [6, 6.07) is 6.46. The molecule has 0 saturated carbocycles. The first-order chi connectivity index (χ1) is 12.2. The monoisotopic (exact) mass is 342 g/mol. The van der Waals surface area contributed by atoms with Gasteiger partial charge in [0.05, 0.1) is 12.1 Å². The number of pyridine rings is 1. The fourth-order valence-electron chi connectivity index (χ4n) is 4.03. The molecule has 0 aliphatic carbocycles. The normalized spacial score (nSPS) is 23.2. The number of nitrogens with one attached hydrogen (secondary N) is 1. The standard InChI is InChI=1S/C19H26N4O2/c1-23(16-4-11-24-19(13-16)5-9-21-10-6-19)14-17-12-18(22-25-17)15-2-7-20-8-3-15/h2-3,7-8,12,16,21H,4-6,9-11,13-14H2,1H3. The largest absolute Gasteiger partial charge is 0.375 e. The van der Waals surface area contributed by atoms with E-state index in [1.807, 2.05) is 18.2 Å². The van der Waals surface area contributed by atoms with Gasteiger partial charge in [-0.15, -0.1) is 0 Å². The number of hydrogen-bond donors (Lipinski definition) is 1. The molecule has 4 heterocycles. The highest BCUT2D eigenvalue weighted by atomic mass is 16.5. The van der Waals surface area contributed by atoms with Gasteiger partial charge in [0.1, 0.15) is 5.69 Å². The van der Waals surface area contributed by atoms with E-state index in [0.29, 0.717) is 6.04 Å². The van der Waals surface area contributed by atoms with Gasteiger partial charge in [0.2, 0.25) is 0 Å². The molecule has 6 heteroatoms. The summed E-state index contributed by atoms with van der Waals surface area (Å²) in [6.45, 7) is 3.76. The van der Waals surface area contributed by atoms with Gasteiger partial charge in [0, 0.05) is 36.7 Å². The molecule has 0 aromatic carbocycles. The highest BCUT2D eigenvalue weighted by molar-refractivity contribution is 5.57. The maximum Gasteiger partial charge on any atom is 0.151 e. The molecular formula is C19H26N4O2. The maximum atomic E-state index is 6.19. The van der Waals surface area contributed by atoms with Gasteiger partial charge in [-0.2, -0.15) is 0 Å². The lowest BCUT2D eigenvalue weighted by Gasteiger charge is -2.45. The van der Waals surface area contributed by atoms with E-state index in [9.17, 15) is 0 Å². The van der Waals surface area contributed by atoms with Crippen molar-refractivity contribution in [1.82, 2.24) is 20.4 Å². The molecule has 0 bridgehead atoms. The van der Waals surface area contributed by atoms with Crippen LogP contribution in [0.4, 0.5) is 0 Å². The second kappa shape index (κ2) is 7.23. The molecule has 2 fully saturated rings. The summed E-state index contributed by atoms with van der Waals surface area (Å²) in [5.74, 6) is 0.903. The molecule has 4 rings (SSSR count). The molecule has 2 aliphatic heterocycles. The Labute approximate surface area is 148 Å².